The fraction of sp³-hybridized carbons (Fsp3) is 0.500. The first kappa shape index (κ1) is 13.8. The fourth-order valence-electron chi connectivity index (χ4n) is 1.85. The maximum absolute atomic E-state index is 11.8. The maximum atomic E-state index is 11.8. The van der Waals surface area contributed by atoms with Crippen LogP contribution in [0.4, 0.5) is 4.79 Å². The molecule has 0 unspecified atom stereocenters. The molecule has 0 bridgehead atoms. The number of hydrogen-bond acceptors (Lipinski definition) is 4. The van der Waals surface area contributed by atoms with Crippen LogP contribution in [0.15, 0.2) is 30.3 Å². The molecule has 1 fully saturated rings. The van der Waals surface area contributed by atoms with Gasteiger partial charge in [-0.15, -0.1) is 0 Å². The quantitative estimate of drug-likeness (QED) is 0.831. The first-order valence-electron chi connectivity index (χ1n) is 6.37. The predicted molar refractivity (Wildman–Crippen MR) is 69.8 cm³/mol. The molecule has 0 N–H and O–H groups in total. The number of likely N-dealkylation sites (N-methyl/N-ethyl adjacent to an activating group) is 1. The number of nitrogens with zero attached hydrogens (tertiary/aromatic N) is 1. The van der Waals surface area contributed by atoms with E-state index >= 15 is 0 Å². The van der Waals surface area contributed by atoms with Gasteiger partial charge in [-0.25, -0.2) is 4.79 Å². The molecule has 1 aliphatic rings. The Morgan fingerprint density at radius 1 is 1.37 bits per heavy atom. The second-order valence-corrected chi connectivity index (χ2v) is 4.49. The number of carbonyl (C=O) groups is 1. The third-order valence-electron chi connectivity index (χ3n) is 2.88. The third-order valence-corrected chi connectivity index (χ3v) is 2.88. The Morgan fingerprint density at radius 2 is 2.16 bits per heavy atom. The van der Waals surface area contributed by atoms with Gasteiger partial charge in [-0.1, -0.05) is 30.3 Å². The average molecular weight is 265 g/mol. The number of carbonyl (C=O) groups excluding carboxylic acids is 1. The second kappa shape index (κ2) is 7.11. The lowest BCUT2D eigenvalue weighted by atomic mass is 10.2. The normalized spacial score (nSPS) is 18.9. The molecule has 0 aromatic heterocycles. The molecule has 1 saturated heterocycles. The minimum atomic E-state index is -0.349. The summed E-state index contributed by atoms with van der Waals surface area (Å²) in [5, 5.41) is 0. The van der Waals surface area contributed by atoms with E-state index in [1.54, 1.807) is 7.05 Å². The Labute approximate surface area is 113 Å². The number of hydrogen-bond donors (Lipinski definition) is 0. The summed E-state index contributed by atoms with van der Waals surface area (Å²) in [6.45, 7) is 2.49. The summed E-state index contributed by atoms with van der Waals surface area (Å²) in [6.07, 6.45) is -0.416. The van der Waals surface area contributed by atoms with Crippen molar-refractivity contribution in [2.45, 2.75) is 12.7 Å². The first-order chi connectivity index (χ1) is 9.25. The summed E-state index contributed by atoms with van der Waals surface area (Å²) in [6, 6.07) is 9.61. The second-order valence-electron chi connectivity index (χ2n) is 4.49. The van der Waals surface area contributed by atoms with E-state index in [1.165, 1.54) is 4.90 Å². The van der Waals surface area contributed by atoms with Crippen molar-refractivity contribution < 1.29 is 19.0 Å². The minimum Gasteiger partial charge on any atom is -0.445 e. The van der Waals surface area contributed by atoms with Gasteiger partial charge in [0.1, 0.15) is 6.61 Å². The fourth-order valence-corrected chi connectivity index (χ4v) is 1.85. The number of ether oxygens (including phenoxy) is 3. The molecular formula is C14H19NO4. The zero-order valence-electron chi connectivity index (χ0n) is 11.1. The summed E-state index contributed by atoms with van der Waals surface area (Å²) < 4.78 is 16.0. The topological polar surface area (TPSA) is 48.0 Å². The zero-order chi connectivity index (χ0) is 13.5. The Kier molecular flexibility index (Phi) is 5.18. The maximum Gasteiger partial charge on any atom is 0.409 e. The van der Waals surface area contributed by atoms with Crippen LogP contribution in [-0.4, -0.2) is 50.5 Å². The van der Waals surface area contributed by atoms with Crippen molar-refractivity contribution in [2.24, 2.45) is 0 Å². The van der Waals surface area contributed by atoms with Crippen molar-refractivity contribution in [3.63, 3.8) is 0 Å². The molecule has 104 valence electrons. The molecule has 0 saturated carbocycles. The lowest BCUT2D eigenvalue weighted by Gasteiger charge is -2.27. The van der Waals surface area contributed by atoms with Gasteiger partial charge in [-0.2, -0.15) is 0 Å². The van der Waals surface area contributed by atoms with E-state index in [0.717, 1.165) is 5.56 Å². The minimum absolute atomic E-state index is 0.0666. The largest absolute Gasteiger partial charge is 0.445 e. The predicted octanol–water partition coefficient (Wildman–Crippen LogP) is 1.67. The molecule has 0 spiro atoms. The van der Waals surface area contributed by atoms with E-state index in [1.807, 2.05) is 30.3 Å². The summed E-state index contributed by atoms with van der Waals surface area (Å²) >= 11 is 0. The van der Waals surface area contributed by atoms with Crippen molar-refractivity contribution in [1.29, 1.82) is 0 Å². The van der Waals surface area contributed by atoms with Gasteiger partial charge in [-0.05, 0) is 5.56 Å². The summed E-state index contributed by atoms with van der Waals surface area (Å²) in [5.41, 5.74) is 0.974. The monoisotopic (exact) mass is 265 g/mol. The molecule has 1 heterocycles. The van der Waals surface area contributed by atoms with Gasteiger partial charge in [0.05, 0.1) is 32.5 Å². The Bertz CT molecular complexity index is 390. The van der Waals surface area contributed by atoms with Gasteiger partial charge in [0.25, 0.3) is 0 Å². The Balaban J connectivity index is 1.72. The van der Waals surface area contributed by atoms with Crippen LogP contribution < -0.4 is 0 Å². The van der Waals surface area contributed by atoms with E-state index in [0.29, 0.717) is 26.4 Å². The average Bonchev–Trinajstić information content (AvgIpc) is 2.47. The number of benzene rings is 1. The van der Waals surface area contributed by atoms with Crippen molar-refractivity contribution in [3.05, 3.63) is 35.9 Å². The molecule has 1 atom stereocenters. The van der Waals surface area contributed by atoms with Gasteiger partial charge in [0, 0.05) is 7.05 Å². The van der Waals surface area contributed by atoms with E-state index in [-0.39, 0.29) is 18.8 Å². The van der Waals surface area contributed by atoms with Crippen LogP contribution >= 0.6 is 0 Å². The van der Waals surface area contributed by atoms with Crippen molar-refractivity contribution in [2.75, 3.05) is 33.4 Å². The molecule has 19 heavy (non-hydrogen) atoms. The molecule has 0 radical (unpaired) electrons. The molecule has 5 nitrogen and oxygen atoms in total. The lowest BCUT2D eigenvalue weighted by molar-refractivity contribution is -0.0945. The molecule has 5 heteroatoms. The van der Waals surface area contributed by atoms with Gasteiger partial charge >= 0.3 is 6.09 Å². The van der Waals surface area contributed by atoms with Crippen LogP contribution in [0.25, 0.3) is 0 Å². The molecule has 1 amide bonds. The van der Waals surface area contributed by atoms with E-state index in [9.17, 15) is 4.79 Å². The molecule has 0 aliphatic carbocycles. The summed E-state index contributed by atoms with van der Waals surface area (Å²) in [7, 11) is 1.70. The highest BCUT2D eigenvalue weighted by Crippen LogP contribution is 2.06. The highest BCUT2D eigenvalue weighted by atomic mass is 16.6. The van der Waals surface area contributed by atoms with Crippen LogP contribution in [0.3, 0.4) is 0 Å². The van der Waals surface area contributed by atoms with E-state index in [4.69, 9.17) is 14.2 Å². The number of rotatable bonds is 4. The van der Waals surface area contributed by atoms with Gasteiger partial charge in [0.15, 0.2) is 0 Å². The van der Waals surface area contributed by atoms with Gasteiger partial charge < -0.3 is 19.1 Å². The smallest absolute Gasteiger partial charge is 0.409 e. The summed E-state index contributed by atoms with van der Waals surface area (Å²) in [4.78, 5) is 13.3. The lowest BCUT2D eigenvalue weighted by Crippen LogP contribution is -2.41. The zero-order valence-corrected chi connectivity index (χ0v) is 11.1. The standard InChI is InChI=1S/C14H19NO4/c1-15(9-13-11-17-7-8-18-13)14(16)19-10-12-5-3-2-4-6-12/h2-6,13H,7-11H2,1H3/t13-/m1/s1. The van der Waals surface area contributed by atoms with E-state index < -0.39 is 0 Å². The number of amides is 1. The Hall–Kier alpha value is -1.59. The highest BCUT2D eigenvalue weighted by Gasteiger charge is 2.19. The first-order valence-corrected chi connectivity index (χ1v) is 6.37. The van der Waals surface area contributed by atoms with Crippen LogP contribution in [0, 0.1) is 0 Å². The summed E-state index contributed by atoms with van der Waals surface area (Å²) in [5.74, 6) is 0. The van der Waals surface area contributed by atoms with Crippen LogP contribution in [0.2, 0.25) is 0 Å². The van der Waals surface area contributed by atoms with Crippen LogP contribution in [-0.2, 0) is 20.8 Å². The molecule has 1 aromatic rings. The molecule has 1 aromatic carbocycles. The molecular weight excluding hydrogens is 246 g/mol. The third kappa shape index (κ3) is 4.54. The van der Waals surface area contributed by atoms with Crippen LogP contribution in [0.5, 0.6) is 0 Å². The highest BCUT2D eigenvalue weighted by molar-refractivity contribution is 5.67. The molecule has 1 aliphatic heterocycles. The van der Waals surface area contributed by atoms with Crippen molar-refractivity contribution in [1.82, 2.24) is 4.90 Å². The van der Waals surface area contributed by atoms with Crippen molar-refractivity contribution in [3.8, 4) is 0 Å². The van der Waals surface area contributed by atoms with Crippen molar-refractivity contribution >= 4 is 6.09 Å². The van der Waals surface area contributed by atoms with Crippen LogP contribution in [0.1, 0.15) is 5.56 Å². The Morgan fingerprint density at radius 3 is 2.84 bits per heavy atom. The SMILES string of the molecule is CN(C[C@@H]1COCCO1)C(=O)OCc1ccccc1. The van der Waals surface area contributed by atoms with Gasteiger partial charge in [0.2, 0.25) is 0 Å². The van der Waals surface area contributed by atoms with E-state index in [2.05, 4.69) is 0 Å². The molecule has 2 rings (SSSR count). The van der Waals surface area contributed by atoms with Gasteiger partial charge in [-0.3, -0.25) is 0 Å².